The van der Waals surface area contributed by atoms with Crippen molar-refractivity contribution in [3.63, 3.8) is 0 Å². The number of halogens is 1. The van der Waals surface area contributed by atoms with E-state index in [1.807, 2.05) is 0 Å². The number of benzene rings is 2. The first-order valence-electron chi connectivity index (χ1n) is 7.63. The third kappa shape index (κ3) is 3.43. The Kier molecular flexibility index (Phi) is 4.74. The van der Waals surface area contributed by atoms with Crippen LogP contribution in [0.3, 0.4) is 0 Å². The Morgan fingerprint density at radius 2 is 1.93 bits per heavy atom. The third-order valence-corrected chi connectivity index (χ3v) is 5.96. The molecule has 136 valence electrons. The van der Waals surface area contributed by atoms with Crippen LogP contribution in [0.15, 0.2) is 52.3 Å². The van der Waals surface area contributed by atoms with E-state index in [4.69, 9.17) is 11.6 Å². The van der Waals surface area contributed by atoms with Gasteiger partial charge in [0.15, 0.2) is 0 Å². The summed E-state index contributed by atoms with van der Waals surface area (Å²) in [5.41, 5.74) is 1.47. The smallest absolute Gasteiger partial charge is 0.270 e. The predicted molar refractivity (Wildman–Crippen MR) is 102 cm³/mol. The number of aromatic amines is 1. The number of H-pyrrole nitrogens is 1. The molecule has 0 radical (unpaired) electrons. The normalized spacial score (nSPS) is 12.1. The number of rotatable bonds is 4. The van der Waals surface area contributed by atoms with Crippen molar-refractivity contribution < 1.29 is 13.3 Å². The third-order valence-electron chi connectivity index (χ3n) is 4.03. The molecule has 0 spiro atoms. The Balaban J connectivity index is 2.20. The van der Waals surface area contributed by atoms with E-state index < -0.39 is 19.7 Å². The number of fused-ring (bicyclic) bond motifs is 1. The minimum Gasteiger partial charge on any atom is -0.358 e. The highest BCUT2D eigenvalue weighted by molar-refractivity contribution is 7.95. The SMILES string of the molecule is Cc1[nH]c2ccc([N+](=O)[O-])cc2c1/C=C(\C#N)S(=O)(=O)c1ccc(Cl)cc1. The Bertz CT molecular complexity index is 1240. The first kappa shape index (κ1) is 18.6. The van der Waals surface area contributed by atoms with Crippen molar-refractivity contribution in [2.24, 2.45) is 0 Å². The first-order valence-corrected chi connectivity index (χ1v) is 9.49. The predicted octanol–water partition coefficient (Wildman–Crippen LogP) is 4.38. The lowest BCUT2D eigenvalue weighted by Crippen LogP contribution is -2.03. The second-order valence-electron chi connectivity index (χ2n) is 5.73. The van der Waals surface area contributed by atoms with Gasteiger partial charge in [-0.2, -0.15) is 5.26 Å². The van der Waals surface area contributed by atoms with E-state index in [0.29, 0.717) is 27.2 Å². The number of hydrogen-bond acceptors (Lipinski definition) is 5. The fourth-order valence-electron chi connectivity index (χ4n) is 2.68. The zero-order valence-electron chi connectivity index (χ0n) is 13.9. The molecule has 0 fully saturated rings. The molecule has 0 aliphatic heterocycles. The van der Waals surface area contributed by atoms with Gasteiger partial charge in [-0.05, 0) is 43.3 Å². The highest BCUT2D eigenvalue weighted by Crippen LogP contribution is 2.30. The van der Waals surface area contributed by atoms with Crippen LogP contribution >= 0.6 is 11.6 Å². The van der Waals surface area contributed by atoms with Crippen LogP contribution in [0.5, 0.6) is 0 Å². The molecule has 9 heteroatoms. The van der Waals surface area contributed by atoms with Gasteiger partial charge in [-0.3, -0.25) is 10.1 Å². The summed E-state index contributed by atoms with van der Waals surface area (Å²) in [6.07, 6.45) is 1.22. The topological polar surface area (TPSA) is 117 Å². The number of nitrogens with zero attached hydrogens (tertiary/aromatic N) is 2. The number of nitriles is 1. The minimum absolute atomic E-state index is 0.0665. The van der Waals surface area contributed by atoms with Crippen molar-refractivity contribution in [3.05, 3.63) is 73.8 Å². The lowest BCUT2D eigenvalue weighted by atomic mass is 10.1. The fourth-order valence-corrected chi connectivity index (χ4v) is 3.94. The Morgan fingerprint density at radius 3 is 2.52 bits per heavy atom. The molecule has 0 atom stereocenters. The second kappa shape index (κ2) is 6.87. The van der Waals surface area contributed by atoms with E-state index in [-0.39, 0.29) is 10.6 Å². The monoisotopic (exact) mass is 401 g/mol. The summed E-state index contributed by atoms with van der Waals surface area (Å²) in [7, 11) is -4.06. The quantitative estimate of drug-likeness (QED) is 0.395. The van der Waals surface area contributed by atoms with E-state index in [9.17, 15) is 23.8 Å². The summed E-state index contributed by atoms with van der Waals surface area (Å²) in [6, 6.07) is 11.4. The number of nitro benzene ring substituents is 1. The van der Waals surface area contributed by atoms with Crippen molar-refractivity contribution in [2.45, 2.75) is 11.8 Å². The van der Waals surface area contributed by atoms with Crippen LogP contribution in [0.25, 0.3) is 17.0 Å². The maximum atomic E-state index is 12.8. The van der Waals surface area contributed by atoms with Gasteiger partial charge >= 0.3 is 0 Å². The van der Waals surface area contributed by atoms with Gasteiger partial charge in [0.25, 0.3) is 5.69 Å². The van der Waals surface area contributed by atoms with Crippen molar-refractivity contribution >= 4 is 44.1 Å². The molecule has 7 nitrogen and oxygen atoms in total. The summed E-state index contributed by atoms with van der Waals surface area (Å²) in [4.78, 5) is 13.0. The summed E-state index contributed by atoms with van der Waals surface area (Å²) < 4.78 is 25.5. The molecule has 0 saturated heterocycles. The molecule has 27 heavy (non-hydrogen) atoms. The van der Waals surface area contributed by atoms with Crippen LogP contribution in [-0.2, 0) is 9.84 Å². The first-order chi connectivity index (χ1) is 12.7. The maximum absolute atomic E-state index is 12.8. The number of nitrogens with one attached hydrogen (secondary N) is 1. The van der Waals surface area contributed by atoms with Gasteiger partial charge in [0.1, 0.15) is 11.0 Å². The molecule has 1 N–H and O–H groups in total. The van der Waals surface area contributed by atoms with Gasteiger partial charge in [-0.1, -0.05) is 11.6 Å². The molecule has 3 rings (SSSR count). The number of sulfone groups is 1. The van der Waals surface area contributed by atoms with Crippen LogP contribution in [-0.4, -0.2) is 18.3 Å². The van der Waals surface area contributed by atoms with Gasteiger partial charge in [0, 0.05) is 39.3 Å². The average Bonchev–Trinajstić information content (AvgIpc) is 2.94. The fraction of sp³-hybridized carbons (Fsp3) is 0.0556. The van der Waals surface area contributed by atoms with Crippen molar-refractivity contribution in [3.8, 4) is 6.07 Å². The lowest BCUT2D eigenvalue weighted by Gasteiger charge is -2.03. The van der Waals surface area contributed by atoms with E-state index in [2.05, 4.69) is 4.98 Å². The summed E-state index contributed by atoms with van der Waals surface area (Å²) in [6.45, 7) is 1.70. The molecule has 0 aliphatic rings. The number of allylic oxidation sites excluding steroid dienone is 1. The lowest BCUT2D eigenvalue weighted by molar-refractivity contribution is -0.384. The molecule has 0 aliphatic carbocycles. The summed E-state index contributed by atoms with van der Waals surface area (Å²) in [5, 5.41) is 21.3. The van der Waals surface area contributed by atoms with Crippen LogP contribution in [0, 0.1) is 28.4 Å². The van der Waals surface area contributed by atoms with Crippen molar-refractivity contribution in [1.82, 2.24) is 4.98 Å². The Labute approximate surface area is 159 Å². The minimum atomic E-state index is -4.06. The van der Waals surface area contributed by atoms with Crippen LogP contribution in [0.4, 0.5) is 5.69 Å². The molecule has 0 bridgehead atoms. The largest absolute Gasteiger partial charge is 0.358 e. The zero-order valence-corrected chi connectivity index (χ0v) is 15.5. The van der Waals surface area contributed by atoms with Gasteiger partial charge in [-0.15, -0.1) is 0 Å². The average molecular weight is 402 g/mol. The number of hydrogen-bond donors (Lipinski definition) is 1. The van der Waals surface area contributed by atoms with E-state index in [1.165, 1.54) is 48.5 Å². The molecule has 1 heterocycles. The van der Waals surface area contributed by atoms with Crippen molar-refractivity contribution in [1.29, 1.82) is 5.26 Å². The number of aromatic nitrogens is 1. The summed E-state index contributed by atoms with van der Waals surface area (Å²) >= 11 is 5.78. The van der Waals surface area contributed by atoms with Crippen LogP contribution < -0.4 is 0 Å². The van der Waals surface area contributed by atoms with E-state index in [0.717, 1.165) is 0 Å². The molecule has 0 amide bonds. The molecular weight excluding hydrogens is 390 g/mol. The highest BCUT2D eigenvalue weighted by atomic mass is 35.5. The van der Waals surface area contributed by atoms with E-state index >= 15 is 0 Å². The number of nitro groups is 1. The molecular formula is C18H12ClN3O4S. The molecule has 0 unspecified atom stereocenters. The number of non-ortho nitro benzene ring substituents is 1. The van der Waals surface area contributed by atoms with Crippen LogP contribution in [0.2, 0.25) is 5.02 Å². The van der Waals surface area contributed by atoms with Gasteiger partial charge in [-0.25, -0.2) is 8.42 Å². The molecule has 2 aromatic carbocycles. The zero-order chi connectivity index (χ0) is 19.8. The molecule has 1 aromatic heterocycles. The molecule has 0 saturated carbocycles. The van der Waals surface area contributed by atoms with Gasteiger partial charge in [0.2, 0.25) is 9.84 Å². The Hall–Kier alpha value is -3.15. The van der Waals surface area contributed by atoms with E-state index in [1.54, 1.807) is 13.0 Å². The van der Waals surface area contributed by atoms with Gasteiger partial charge < -0.3 is 4.98 Å². The van der Waals surface area contributed by atoms with Gasteiger partial charge in [0.05, 0.1) is 9.82 Å². The number of aryl methyl sites for hydroxylation is 1. The molecule has 3 aromatic rings. The van der Waals surface area contributed by atoms with Crippen LogP contribution in [0.1, 0.15) is 11.3 Å². The highest BCUT2D eigenvalue weighted by Gasteiger charge is 2.22. The Morgan fingerprint density at radius 1 is 1.26 bits per heavy atom. The maximum Gasteiger partial charge on any atom is 0.270 e. The second-order valence-corrected chi connectivity index (χ2v) is 8.08. The summed E-state index contributed by atoms with van der Waals surface area (Å²) in [5.74, 6) is 0. The standard InChI is InChI=1S/C18H12ClN3O4S/c1-11-16(17-8-13(22(23)24)4-7-18(17)21-11)9-15(10-20)27(25,26)14-5-2-12(19)3-6-14/h2-9,21H,1H3/b15-9+. The van der Waals surface area contributed by atoms with Crippen molar-refractivity contribution in [2.75, 3.05) is 0 Å².